The lowest BCUT2D eigenvalue weighted by Gasteiger charge is -2.61. The van der Waals surface area contributed by atoms with Gasteiger partial charge < -0.3 is 14.2 Å². The van der Waals surface area contributed by atoms with Crippen molar-refractivity contribution in [1.29, 1.82) is 0 Å². The van der Waals surface area contributed by atoms with Crippen LogP contribution in [0.1, 0.15) is 125 Å². The molecule has 0 bridgehead atoms. The summed E-state index contributed by atoms with van der Waals surface area (Å²) in [6, 6.07) is 0. The largest absolute Gasteiger partial charge is 0.462 e. The summed E-state index contributed by atoms with van der Waals surface area (Å²) in [5, 5.41) is 0. The zero-order chi connectivity index (χ0) is 26.0. The van der Waals surface area contributed by atoms with Crippen molar-refractivity contribution in [2.24, 2.45) is 52.3 Å². The molecule has 6 rings (SSSR count). The smallest absolute Gasteiger partial charge is 0.306 e. The van der Waals surface area contributed by atoms with Crippen molar-refractivity contribution in [3.63, 3.8) is 0 Å². The van der Waals surface area contributed by atoms with Crippen molar-refractivity contribution in [1.82, 2.24) is 0 Å². The highest BCUT2D eigenvalue weighted by atomic mass is 16.7. The van der Waals surface area contributed by atoms with E-state index in [2.05, 4.69) is 34.6 Å². The second kappa shape index (κ2) is 9.79. The van der Waals surface area contributed by atoms with Crippen LogP contribution in [-0.4, -0.2) is 30.6 Å². The summed E-state index contributed by atoms with van der Waals surface area (Å²) < 4.78 is 19.5. The molecule has 4 nitrogen and oxygen atoms in total. The molecule has 4 saturated carbocycles. The van der Waals surface area contributed by atoms with Crippen LogP contribution in [0.4, 0.5) is 0 Å². The van der Waals surface area contributed by atoms with E-state index in [9.17, 15) is 4.79 Å². The molecule has 12 atom stereocenters. The van der Waals surface area contributed by atoms with E-state index in [0.717, 1.165) is 68.8 Å². The fraction of sp³-hybridized carbons (Fsp3) is 0.970. The average Bonchev–Trinajstić information content (AvgIpc) is 3.31. The quantitative estimate of drug-likeness (QED) is 0.276. The Hall–Kier alpha value is -0.610. The van der Waals surface area contributed by atoms with Crippen LogP contribution in [0.25, 0.3) is 0 Å². The molecule has 0 aromatic carbocycles. The predicted octanol–water partition coefficient (Wildman–Crippen LogP) is 7.93. The maximum Gasteiger partial charge on any atom is 0.306 e. The Kier molecular flexibility index (Phi) is 7.04. The van der Waals surface area contributed by atoms with Gasteiger partial charge in [0.05, 0.1) is 12.7 Å². The first-order chi connectivity index (χ1) is 17.7. The van der Waals surface area contributed by atoms with E-state index in [-0.39, 0.29) is 17.9 Å². The van der Waals surface area contributed by atoms with Crippen LogP contribution in [0, 0.1) is 52.3 Å². The second-order valence-electron chi connectivity index (χ2n) is 15.0. The highest BCUT2D eigenvalue weighted by molar-refractivity contribution is 5.69. The Bertz CT molecular complexity index is 847. The molecule has 0 radical (unpaired) electrons. The summed E-state index contributed by atoms with van der Waals surface area (Å²) >= 11 is 0. The molecule has 12 unspecified atom stereocenters. The molecule has 2 heterocycles. The zero-order valence-corrected chi connectivity index (χ0v) is 24.4. The summed E-state index contributed by atoms with van der Waals surface area (Å²) in [6.07, 6.45) is 16.8. The van der Waals surface area contributed by atoms with Gasteiger partial charge in [0, 0.05) is 18.8 Å². The third-order valence-electron chi connectivity index (χ3n) is 13.2. The Morgan fingerprint density at radius 3 is 2.49 bits per heavy atom. The molecule has 0 aromatic heterocycles. The number of esters is 1. The minimum absolute atomic E-state index is 0.0463. The van der Waals surface area contributed by atoms with Gasteiger partial charge in [0.25, 0.3) is 0 Å². The van der Waals surface area contributed by atoms with Gasteiger partial charge in [-0.3, -0.25) is 4.79 Å². The number of ether oxygens (including phenoxy) is 3. The van der Waals surface area contributed by atoms with Crippen molar-refractivity contribution in [3.8, 4) is 0 Å². The van der Waals surface area contributed by atoms with Gasteiger partial charge in [0.1, 0.15) is 6.10 Å². The van der Waals surface area contributed by atoms with E-state index in [0.29, 0.717) is 41.1 Å². The van der Waals surface area contributed by atoms with Gasteiger partial charge in [-0.25, -0.2) is 0 Å². The molecule has 2 aliphatic heterocycles. The number of hydrogen-bond donors (Lipinski definition) is 0. The molecule has 4 heteroatoms. The summed E-state index contributed by atoms with van der Waals surface area (Å²) in [5.74, 6) is 4.76. The van der Waals surface area contributed by atoms with Gasteiger partial charge in [-0.15, -0.1) is 0 Å². The number of rotatable bonds is 5. The fourth-order valence-electron chi connectivity index (χ4n) is 11.1. The second-order valence-corrected chi connectivity index (χ2v) is 15.0. The van der Waals surface area contributed by atoms with Gasteiger partial charge in [-0.2, -0.15) is 0 Å². The predicted molar refractivity (Wildman–Crippen MR) is 146 cm³/mol. The topological polar surface area (TPSA) is 44.8 Å². The molecule has 0 amide bonds. The van der Waals surface area contributed by atoms with E-state index in [1.165, 1.54) is 44.9 Å². The molecular formula is C33H54O4. The summed E-state index contributed by atoms with van der Waals surface area (Å²) in [5.41, 5.74) is 0.818. The molecule has 6 aliphatic rings. The first kappa shape index (κ1) is 26.6. The highest BCUT2D eigenvalue weighted by Crippen LogP contribution is 2.71. The normalized spacial score (nSPS) is 52.7. The van der Waals surface area contributed by atoms with Crippen molar-refractivity contribution in [2.75, 3.05) is 6.61 Å². The van der Waals surface area contributed by atoms with Crippen LogP contribution in [-0.2, 0) is 19.0 Å². The van der Waals surface area contributed by atoms with Gasteiger partial charge in [0.2, 0.25) is 0 Å². The Morgan fingerprint density at radius 2 is 1.73 bits per heavy atom. The van der Waals surface area contributed by atoms with Gasteiger partial charge in [-0.1, -0.05) is 47.5 Å². The molecule has 1 spiro atoms. The molecule has 6 fully saturated rings. The van der Waals surface area contributed by atoms with Crippen molar-refractivity contribution in [3.05, 3.63) is 0 Å². The van der Waals surface area contributed by atoms with Crippen LogP contribution in [0.3, 0.4) is 0 Å². The SMILES string of the molecule is CCCCCC(=O)OC1CCC2(C)C(CCC3C2CCC2(C)C3CC3OC4(CCC(C)CO4)C(C)C32)C1. The van der Waals surface area contributed by atoms with Gasteiger partial charge in [-0.05, 0) is 111 Å². The maximum absolute atomic E-state index is 12.4. The summed E-state index contributed by atoms with van der Waals surface area (Å²) in [7, 11) is 0. The minimum atomic E-state index is -0.303. The van der Waals surface area contributed by atoms with Crippen molar-refractivity contribution < 1.29 is 19.0 Å². The molecule has 2 saturated heterocycles. The summed E-state index contributed by atoms with van der Waals surface area (Å²) in [6.45, 7) is 13.1. The molecule has 0 N–H and O–H groups in total. The van der Waals surface area contributed by atoms with E-state index >= 15 is 0 Å². The molecule has 4 aliphatic carbocycles. The van der Waals surface area contributed by atoms with Crippen LogP contribution >= 0.6 is 0 Å². The third-order valence-corrected chi connectivity index (χ3v) is 13.2. The third kappa shape index (κ3) is 4.25. The number of hydrogen-bond acceptors (Lipinski definition) is 4. The minimum Gasteiger partial charge on any atom is -0.462 e. The van der Waals surface area contributed by atoms with E-state index < -0.39 is 0 Å². The number of unbranched alkanes of at least 4 members (excludes halogenated alkanes) is 2. The van der Waals surface area contributed by atoms with E-state index in [4.69, 9.17) is 14.2 Å². The lowest BCUT2D eigenvalue weighted by atomic mass is 9.44. The Labute approximate surface area is 226 Å². The molecule has 0 aromatic rings. The van der Waals surface area contributed by atoms with Gasteiger partial charge >= 0.3 is 5.97 Å². The lowest BCUT2D eigenvalue weighted by Crippen LogP contribution is -2.55. The Balaban J connectivity index is 1.12. The van der Waals surface area contributed by atoms with Crippen LogP contribution in [0.15, 0.2) is 0 Å². The first-order valence-corrected chi connectivity index (χ1v) is 16.2. The van der Waals surface area contributed by atoms with Crippen molar-refractivity contribution in [2.45, 2.75) is 143 Å². The average molecular weight is 515 g/mol. The van der Waals surface area contributed by atoms with E-state index in [1.54, 1.807) is 0 Å². The number of carbonyl (C=O) groups is 1. The lowest BCUT2D eigenvalue weighted by molar-refractivity contribution is -0.273. The van der Waals surface area contributed by atoms with Crippen molar-refractivity contribution >= 4 is 5.97 Å². The molecule has 37 heavy (non-hydrogen) atoms. The standard InChI is InChI=1S/C33H54O4/c1-6-7-8-9-29(34)36-24-13-15-31(4)23(18-24)10-11-25-26(31)14-16-32(5)27(25)19-28-30(32)22(3)33(37-28)17-12-21(2)20-35-33/h21-28,30H,6-20H2,1-5H3. The summed E-state index contributed by atoms with van der Waals surface area (Å²) in [4.78, 5) is 12.4. The Morgan fingerprint density at radius 1 is 0.919 bits per heavy atom. The fourth-order valence-corrected chi connectivity index (χ4v) is 11.1. The first-order valence-electron chi connectivity index (χ1n) is 16.2. The monoisotopic (exact) mass is 514 g/mol. The van der Waals surface area contributed by atoms with Crippen LogP contribution in [0.2, 0.25) is 0 Å². The molecule has 210 valence electrons. The zero-order valence-electron chi connectivity index (χ0n) is 24.4. The van der Waals surface area contributed by atoms with E-state index in [1.807, 2.05) is 0 Å². The van der Waals surface area contributed by atoms with Crippen LogP contribution in [0.5, 0.6) is 0 Å². The highest BCUT2D eigenvalue weighted by Gasteiger charge is 2.69. The molecular weight excluding hydrogens is 460 g/mol. The number of carbonyl (C=O) groups excluding carboxylic acids is 1. The maximum atomic E-state index is 12.4. The van der Waals surface area contributed by atoms with Gasteiger partial charge in [0.15, 0.2) is 5.79 Å². The van der Waals surface area contributed by atoms with Crippen LogP contribution < -0.4 is 0 Å². The number of fused-ring (bicyclic) bond motifs is 7.